The predicted octanol–water partition coefficient (Wildman–Crippen LogP) is 6.48. The molecule has 0 radical (unpaired) electrons. The third kappa shape index (κ3) is 4.12. The van der Waals surface area contributed by atoms with E-state index in [4.69, 9.17) is 9.98 Å². The van der Waals surface area contributed by atoms with Gasteiger partial charge in [-0.3, -0.25) is 4.99 Å². The molecule has 0 fully saturated rings. The van der Waals surface area contributed by atoms with Crippen molar-refractivity contribution in [1.82, 2.24) is 4.90 Å². The smallest absolute Gasteiger partial charge is 0.0974 e. The van der Waals surface area contributed by atoms with Gasteiger partial charge in [-0.25, -0.2) is 4.99 Å². The van der Waals surface area contributed by atoms with Crippen LogP contribution >= 0.6 is 11.8 Å². The number of para-hydroxylation sites is 1. The molecule has 0 amide bonds. The summed E-state index contributed by atoms with van der Waals surface area (Å²) in [5.41, 5.74) is 5.29. The third-order valence-electron chi connectivity index (χ3n) is 5.52. The van der Waals surface area contributed by atoms with Crippen LogP contribution in [0.5, 0.6) is 0 Å². The van der Waals surface area contributed by atoms with Gasteiger partial charge in [-0.2, -0.15) is 0 Å². The Bertz CT molecular complexity index is 1320. The third-order valence-corrected chi connectivity index (χ3v) is 6.60. The molecule has 4 aromatic carbocycles. The monoisotopic (exact) mass is 435 g/mol. The lowest BCUT2D eigenvalue weighted by Gasteiger charge is -2.09. The second-order valence-electron chi connectivity index (χ2n) is 8.09. The van der Waals surface area contributed by atoms with E-state index in [-0.39, 0.29) is 0 Å². The molecule has 0 heterocycles. The topological polar surface area (TPSA) is 28.0 Å². The molecule has 158 valence electrons. The number of nitrogens with zero attached hydrogens (tertiary/aromatic N) is 3. The van der Waals surface area contributed by atoms with Crippen molar-refractivity contribution in [3.8, 4) is 0 Å². The van der Waals surface area contributed by atoms with Crippen LogP contribution in [-0.4, -0.2) is 43.5 Å². The van der Waals surface area contributed by atoms with Crippen molar-refractivity contribution < 1.29 is 0 Å². The van der Waals surface area contributed by atoms with E-state index in [0.29, 0.717) is 0 Å². The Morgan fingerprint density at radius 3 is 2.16 bits per heavy atom. The van der Waals surface area contributed by atoms with E-state index < -0.39 is 0 Å². The van der Waals surface area contributed by atoms with Crippen LogP contribution in [-0.2, 0) is 0 Å². The fraction of sp³-hybridized carbons (Fsp3) is 0.143. The van der Waals surface area contributed by atoms with Gasteiger partial charge in [-0.15, -0.1) is 0 Å². The summed E-state index contributed by atoms with van der Waals surface area (Å²) >= 11 is 1.74. The van der Waals surface area contributed by atoms with Crippen LogP contribution in [0.4, 0.5) is 5.69 Å². The first kappa shape index (κ1) is 20.7. The van der Waals surface area contributed by atoms with Crippen molar-refractivity contribution in [1.29, 1.82) is 0 Å². The van der Waals surface area contributed by atoms with Crippen molar-refractivity contribution in [2.75, 3.05) is 27.2 Å². The summed E-state index contributed by atoms with van der Waals surface area (Å²) in [6.45, 7) is 1.65. The Hall–Kier alpha value is -3.21. The molecule has 0 saturated carbocycles. The van der Waals surface area contributed by atoms with Gasteiger partial charge >= 0.3 is 0 Å². The van der Waals surface area contributed by atoms with Gasteiger partial charge in [0.2, 0.25) is 0 Å². The Kier molecular flexibility index (Phi) is 5.89. The Morgan fingerprint density at radius 1 is 0.719 bits per heavy atom. The summed E-state index contributed by atoms with van der Waals surface area (Å²) in [5.74, 6) is 0. The van der Waals surface area contributed by atoms with Gasteiger partial charge in [-0.05, 0) is 43.7 Å². The fourth-order valence-electron chi connectivity index (χ4n) is 4.00. The molecule has 4 heteroatoms. The van der Waals surface area contributed by atoms with Gasteiger partial charge in [0.25, 0.3) is 0 Å². The van der Waals surface area contributed by atoms with Gasteiger partial charge in [0, 0.05) is 32.8 Å². The Balaban J connectivity index is 1.63. The molecule has 1 aliphatic rings. The second kappa shape index (κ2) is 9.11. The number of rotatable bonds is 6. The highest BCUT2D eigenvalue weighted by Gasteiger charge is 2.27. The average molecular weight is 436 g/mol. The fourth-order valence-corrected chi connectivity index (χ4v) is 4.91. The highest BCUT2D eigenvalue weighted by atomic mass is 32.2. The van der Waals surface area contributed by atoms with E-state index in [0.717, 1.165) is 35.1 Å². The first-order valence-corrected chi connectivity index (χ1v) is 11.6. The molecule has 0 saturated heterocycles. The number of benzene rings is 4. The lowest BCUT2D eigenvalue weighted by Crippen LogP contribution is -2.18. The van der Waals surface area contributed by atoms with Crippen LogP contribution in [0, 0.1) is 0 Å². The molecule has 0 spiro atoms. The summed E-state index contributed by atoms with van der Waals surface area (Å²) in [6, 6.07) is 31.7. The minimum atomic E-state index is 0.742. The largest absolute Gasteiger partial charge is 0.308 e. The van der Waals surface area contributed by atoms with Crippen LogP contribution in [0.15, 0.2) is 111 Å². The molecule has 0 unspecified atom stereocenters. The van der Waals surface area contributed by atoms with Crippen LogP contribution in [0.2, 0.25) is 0 Å². The van der Waals surface area contributed by atoms with E-state index in [9.17, 15) is 0 Å². The van der Waals surface area contributed by atoms with Gasteiger partial charge in [-0.1, -0.05) is 78.5 Å². The highest BCUT2D eigenvalue weighted by molar-refractivity contribution is 7.99. The molecule has 0 aromatic heterocycles. The molecule has 0 N–H and O–H groups in total. The van der Waals surface area contributed by atoms with Crippen LogP contribution in [0.3, 0.4) is 0 Å². The highest BCUT2D eigenvalue weighted by Crippen LogP contribution is 2.37. The summed E-state index contributed by atoms with van der Waals surface area (Å²) in [5, 5.41) is 2.49. The van der Waals surface area contributed by atoms with E-state index in [1.54, 1.807) is 11.8 Å². The summed E-state index contributed by atoms with van der Waals surface area (Å²) < 4.78 is 0. The zero-order chi connectivity index (χ0) is 21.9. The van der Waals surface area contributed by atoms with Crippen molar-refractivity contribution in [2.24, 2.45) is 9.98 Å². The van der Waals surface area contributed by atoms with Gasteiger partial charge in [0.1, 0.15) is 0 Å². The minimum Gasteiger partial charge on any atom is -0.308 e. The number of aliphatic imine (C=N–C) groups is 2. The molecule has 3 nitrogen and oxygen atoms in total. The molecular formula is C28H25N3S. The number of hydrogen-bond donors (Lipinski definition) is 0. The Labute approximate surface area is 193 Å². The lowest BCUT2D eigenvalue weighted by atomic mass is 10.1. The molecule has 1 aliphatic carbocycles. The van der Waals surface area contributed by atoms with Crippen molar-refractivity contribution in [3.05, 3.63) is 102 Å². The average Bonchev–Trinajstić information content (AvgIpc) is 3.10. The van der Waals surface area contributed by atoms with Crippen molar-refractivity contribution >= 4 is 39.6 Å². The second-order valence-corrected chi connectivity index (χ2v) is 9.20. The summed E-state index contributed by atoms with van der Waals surface area (Å²) in [6.07, 6.45) is 0. The molecule has 5 rings (SSSR count). The summed E-state index contributed by atoms with van der Waals surface area (Å²) in [4.78, 5) is 14.8. The zero-order valence-electron chi connectivity index (χ0n) is 18.3. The van der Waals surface area contributed by atoms with Crippen LogP contribution in [0.25, 0.3) is 10.8 Å². The molecule has 0 atom stereocenters. The van der Waals surface area contributed by atoms with Gasteiger partial charge in [0.15, 0.2) is 0 Å². The molecule has 32 heavy (non-hydrogen) atoms. The standard InChI is InChI=1S/C28H25N3S/c1-31(2)19-18-29-27-22-14-8-10-20-11-9-15-23(26(20)22)28(27)30-24-16-6-7-17-25(24)32-21-12-4-3-5-13-21/h3-17H,18-19H2,1-2H3/b29-27+,30-28+. The van der Waals surface area contributed by atoms with Crippen LogP contribution < -0.4 is 0 Å². The van der Waals surface area contributed by atoms with E-state index in [2.05, 4.69) is 104 Å². The predicted molar refractivity (Wildman–Crippen MR) is 137 cm³/mol. The number of hydrogen-bond acceptors (Lipinski definition) is 4. The first-order chi connectivity index (χ1) is 15.7. The lowest BCUT2D eigenvalue weighted by molar-refractivity contribution is 0.420. The molecule has 4 aromatic rings. The first-order valence-electron chi connectivity index (χ1n) is 10.8. The van der Waals surface area contributed by atoms with Crippen molar-refractivity contribution in [2.45, 2.75) is 9.79 Å². The summed E-state index contributed by atoms with van der Waals surface area (Å²) in [7, 11) is 4.16. The van der Waals surface area contributed by atoms with Crippen molar-refractivity contribution in [3.63, 3.8) is 0 Å². The molecular weight excluding hydrogens is 410 g/mol. The van der Waals surface area contributed by atoms with E-state index in [1.807, 2.05) is 6.07 Å². The SMILES string of the molecule is CN(C)CC/N=C1/C(=N/c2ccccc2Sc2ccccc2)c2cccc3cccc1c23. The van der Waals surface area contributed by atoms with E-state index in [1.165, 1.54) is 26.8 Å². The van der Waals surface area contributed by atoms with E-state index >= 15 is 0 Å². The zero-order valence-corrected chi connectivity index (χ0v) is 19.1. The van der Waals surface area contributed by atoms with Gasteiger partial charge < -0.3 is 4.90 Å². The molecule has 0 aliphatic heterocycles. The quantitative estimate of drug-likeness (QED) is 0.347. The maximum Gasteiger partial charge on any atom is 0.0974 e. The minimum absolute atomic E-state index is 0.742. The molecule has 0 bridgehead atoms. The van der Waals surface area contributed by atoms with Gasteiger partial charge in [0.05, 0.1) is 23.7 Å². The number of likely N-dealkylation sites (N-methyl/N-ethyl adjacent to an activating group) is 1. The Morgan fingerprint density at radius 2 is 1.41 bits per heavy atom. The van der Waals surface area contributed by atoms with Crippen LogP contribution in [0.1, 0.15) is 11.1 Å². The normalized spacial score (nSPS) is 15.3. The maximum atomic E-state index is 5.22. The maximum absolute atomic E-state index is 5.22.